The highest BCUT2D eigenvalue weighted by Gasteiger charge is 2.23. The van der Waals surface area contributed by atoms with Crippen molar-refractivity contribution in [1.82, 2.24) is 10.6 Å². The molecule has 0 fully saturated rings. The number of rotatable bonds is 9. The van der Waals surface area contributed by atoms with E-state index in [0.29, 0.717) is 13.0 Å². The van der Waals surface area contributed by atoms with Crippen LogP contribution in [0.5, 0.6) is 5.75 Å². The Balaban J connectivity index is 0.00000480. The van der Waals surface area contributed by atoms with Crippen LogP contribution in [-0.4, -0.2) is 24.0 Å². The van der Waals surface area contributed by atoms with Crippen molar-refractivity contribution in [2.75, 3.05) is 6.54 Å². The summed E-state index contributed by atoms with van der Waals surface area (Å²) in [7, 11) is 0. The van der Waals surface area contributed by atoms with Crippen LogP contribution in [0.25, 0.3) is 0 Å². The van der Waals surface area contributed by atoms with Gasteiger partial charge in [0.25, 0.3) is 0 Å². The zero-order chi connectivity index (χ0) is 22.2. The van der Waals surface area contributed by atoms with Crippen molar-refractivity contribution in [3.63, 3.8) is 0 Å². The van der Waals surface area contributed by atoms with E-state index < -0.39 is 0 Å². The Hall–Kier alpha value is -2.04. The van der Waals surface area contributed by atoms with E-state index in [4.69, 9.17) is 4.74 Å². The van der Waals surface area contributed by atoms with Crippen LogP contribution in [0, 0.1) is 5.41 Å². The lowest BCUT2D eigenvalue weighted by Gasteiger charge is -2.27. The third-order valence-electron chi connectivity index (χ3n) is 4.69. The first-order chi connectivity index (χ1) is 14.0. The zero-order valence-corrected chi connectivity index (χ0v) is 20.6. The van der Waals surface area contributed by atoms with Gasteiger partial charge < -0.3 is 15.4 Å². The van der Waals surface area contributed by atoms with Crippen molar-refractivity contribution in [2.45, 2.75) is 72.6 Å². The van der Waals surface area contributed by atoms with Crippen molar-refractivity contribution in [3.05, 3.63) is 65.7 Å². The maximum absolute atomic E-state index is 12.8. The molecule has 1 atom stereocenters. The molecule has 0 aliphatic rings. The van der Waals surface area contributed by atoms with Crippen molar-refractivity contribution in [3.8, 4) is 5.75 Å². The highest BCUT2D eigenvalue weighted by molar-refractivity contribution is 5.85. The van der Waals surface area contributed by atoms with Gasteiger partial charge in [0.05, 0.1) is 6.04 Å². The fourth-order valence-electron chi connectivity index (χ4n) is 3.03. The number of carbonyl (C=O) groups is 1. The third-order valence-corrected chi connectivity index (χ3v) is 4.69. The van der Waals surface area contributed by atoms with E-state index in [-0.39, 0.29) is 35.3 Å². The first kappa shape index (κ1) is 27.0. The molecule has 0 unspecified atom stereocenters. The molecule has 0 spiro atoms. The molecule has 0 saturated carbocycles. The molecular formula is C26H39ClN2O2. The predicted octanol–water partition coefficient (Wildman–Crippen LogP) is 5.54. The second kappa shape index (κ2) is 12.1. The summed E-state index contributed by atoms with van der Waals surface area (Å²) in [6.45, 7) is 14.0. The number of ether oxygens (including phenoxy) is 1. The molecule has 2 aromatic rings. The molecule has 172 valence electrons. The molecule has 4 nitrogen and oxygen atoms in total. The highest BCUT2D eigenvalue weighted by atomic mass is 35.5. The molecule has 0 aromatic heterocycles. The van der Waals surface area contributed by atoms with Crippen molar-refractivity contribution in [2.24, 2.45) is 5.41 Å². The molecule has 5 heteroatoms. The molecule has 0 radical (unpaired) electrons. The maximum atomic E-state index is 12.8. The molecule has 2 rings (SSSR count). The molecule has 0 bridgehead atoms. The second-order valence-electron chi connectivity index (χ2n) is 10.2. The van der Waals surface area contributed by atoms with Crippen LogP contribution in [-0.2, 0) is 17.8 Å². The molecule has 0 aliphatic heterocycles. The Morgan fingerprint density at radius 1 is 0.903 bits per heavy atom. The number of hydrogen-bond acceptors (Lipinski definition) is 3. The van der Waals surface area contributed by atoms with Crippen LogP contribution in [0.3, 0.4) is 0 Å². The minimum atomic E-state index is -0.261. The molecule has 0 saturated heterocycles. The first-order valence-corrected chi connectivity index (χ1v) is 10.8. The highest BCUT2D eigenvalue weighted by Crippen LogP contribution is 2.18. The van der Waals surface area contributed by atoms with E-state index in [1.54, 1.807) is 0 Å². The largest absolute Gasteiger partial charge is 0.489 e. The Morgan fingerprint density at radius 2 is 1.52 bits per heavy atom. The van der Waals surface area contributed by atoms with Gasteiger partial charge in [-0.05, 0) is 68.8 Å². The molecule has 31 heavy (non-hydrogen) atoms. The summed E-state index contributed by atoms with van der Waals surface area (Å²) in [4.78, 5) is 12.8. The van der Waals surface area contributed by atoms with E-state index in [0.717, 1.165) is 29.8 Å². The SMILES string of the molecule is CC(C)(C)CCN[C@@H](Cc1ccc(OCc2ccccc2)cc1)C(=O)NC(C)(C)C.Cl. The Morgan fingerprint density at radius 3 is 2.06 bits per heavy atom. The lowest BCUT2D eigenvalue weighted by Crippen LogP contribution is -2.52. The van der Waals surface area contributed by atoms with Crippen LogP contribution in [0.2, 0.25) is 0 Å². The van der Waals surface area contributed by atoms with E-state index in [9.17, 15) is 4.79 Å². The van der Waals surface area contributed by atoms with Gasteiger partial charge in [-0.3, -0.25) is 4.79 Å². The summed E-state index contributed by atoms with van der Waals surface area (Å²) in [6, 6.07) is 17.9. The van der Waals surface area contributed by atoms with Gasteiger partial charge in [0.15, 0.2) is 0 Å². The van der Waals surface area contributed by atoms with Crippen molar-refractivity contribution >= 4 is 18.3 Å². The van der Waals surface area contributed by atoms with Gasteiger partial charge in [0, 0.05) is 5.54 Å². The third kappa shape index (κ3) is 11.2. The van der Waals surface area contributed by atoms with Gasteiger partial charge in [-0.2, -0.15) is 0 Å². The summed E-state index contributed by atoms with van der Waals surface area (Å²) < 4.78 is 5.87. The predicted molar refractivity (Wildman–Crippen MR) is 132 cm³/mol. The average Bonchev–Trinajstić information content (AvgIpc) is 2.65. The van der Waals surface area contributed by atoms with Gasteiger partial charge in [-0.15, -0.1) is 12.4 Å². The molecule has 2 N–H and O–H groups in total. The minimum Gasteiger partial charge on any atom is -0.489 e. The van der Waals surface area contributed by atoms with Crippen molar-refractivity contribution in [1.29, 1.82) is 0 Å². The summed E-state index contributed by atoms with van der Waals surface area (Å²) in [5, 5.41) is 6.58. The standard InChI is InChI=1S/C26H38N2O2.ClH/c1-25(2,3)16-17-27-23(24(29)28-26(4,5)6)18-20-12-14-22(15-13-20)30-19-21-10-8-7-9-11-21;/h7-15,23,27H,16-19H2,1-6H3,(H,28,29);1H/t23-;/m0./s1. The maximum Gasteiger partial charge on any atom is 0.237 e. The monoisotopic (exact) mass is 446 g/mol. The topological polar surface area (TPSA) is 50.4 Å². The Labute approximate surface area is 194 Å². The number of nitrogens with one attached hydrogen (secondary N) is 2. The normalized spacial score (nSPS) is 12.6. The summed E-state index contributed by atoms with van der Waals surface area (Å²) in [6.07, 6.45) is 1.66. The Kier molecular flexibility index (Phi) is 10.5. The van der Waals surface area contributed by atoms with E-state index in [1.165, 1.54) is 0 Å². The average molecular weight is 447 g/mol. The van der Waals surface area contributed by atoms with Gasteiger partial charge in [0.1, 0.15) is 12.4 Å². The van der Waals surface area contributed by atoms with E-state index >= 15 is 0 Å². The number of hydrogen-bond donors (Lipinski definition) is 2. The molecule has 2 aromatic carbocycles. The van der Waals surface area contributed by atoms with Gasteiger partial charge in [-0.1, -0.05) is 63.2 Å². The number of benzene rings is 2. The van der Waals surface area contributed by atoms with Crippen LogP contribution < -0.4 is 15.4 Å². The number of carbonyl (C=O) groups excluding carboxylic acids is 1. The molecular weight excluding hydrogens is 408 g/mol. The summed E-state index contributed by atoms with van der Waals surface area (Å²) >= 11 is 0. The smallest absolute Gasteiger partial charge is 0.237 e. The summed E-state index contributed by atoms with van der Waals surface area (Å²) in [5.41, 5.74) is 2.23. The molecule has 0 aliphatic carbocycles. The molecule has 0 heterocycles. The lowest BCUT2D eigenvalue weighted by molar-refractivity contribution is -0.124. The fraction of sp³-hybridized carbons (Fsp3) is 0.500. The second-order valence-corrected chi connectivity index (χ2v) is 10.2. The summed E-state index contributed by atoms with van der Waals surface area (Å²) in [5.74, 6) is 0.875. The molecule has 1 amide bonds. The van der Waals surface area contributed by atoms with Crippen LogP contribution in [0.15, 0.2) is 54.6 Å². The number of amides is 1. The van der Waals surface area contributed by atoms with Crippen LogP contribution in [0.4, 0.5) is 0 Å². The van der Waals surface area contributed by atoms with Crippen molar-refractivity contribution < 1.29 is 9.53 Å². The van der Waals surface area contributed by atoms with E-state index in [2.05, 4.69) is 43.5 Å². The van der Waals surface area contributed by atoms with Crippen LogP contribution >= 0.6 is 12.4 Å². The fourth-order valence-corrected chi connectivity index (χ4v) is 3.03. The Bertz CT molecular complexity index is 778. The minimum absolute atomic E-state index is 0. The first-order valence-electron chi connectivity index (χ1n) is 10.8. The van der Waals surface area contributed by atoms with E-state index in [1.807, 2.05) is 63.2 Å². The van der Waals surface area contributed by atoms with Gasteiger partial charge in [0.2, 0.25) is 5.91 Å². The number of halogens is 1. The van der Waals surface area contributed by atoms with Crippen LogP contribution in [0.1, 0.15) is 59.1 Å². The van der Waals surface area contributed by atoms with Gasteiger partial charge >= 0.3 is 0 Å². The lowest BCUT2D eigenvalue weighted by atomic mass is 9.92. The zero-order valence-electron chi connectivity index (χ0n) is 19.8. The quantitative estimate of drug-likeness (QED) is 0.531. The van der Waals surface area contributed by atoms with Gasteiger partial charge in [-0.25, -0.2) is 0 Å².